The van der Waals surface area contributed by atoms with Crippen LogP contribution in [0.4, 0.5) is 10.2 Å². The summed E-state index contributed by atoms with van der Waals surface area (Å²) in [6, 6.07) is 2.23. The summed E-state index contributed by atoms with van der Waals surface area (Å²) in [7, 11) is 0. The number of rotatable bonds is 3. The zero-order valence-electron chi connectivity index (χ0n) is 11.5. The van der Waals surface area contributed by atoms with E-state index in [1.807, 2.05) is 6.07 Å². The van der Waals surface area contributed by atoms with Gasteiger partial charge in [-0.1, -0.05) is 11.6 Å². The molecule has 0 N–H and O–H groups in total. The minimum absolute atomic E-state index is 0.120. The molecule has 2 aliphatic rings. The Labute approximate surface area is 137 Å². The molecule has 110 valence electrons. The first kappa shape index (κ1) is 14.8. The highest BCUT2D eigenvalue weighted by Crippen LogP contribution is 2.31. The molecule has 1 saturated heterocycles. The number of piperazine rings is 1. The summed E-state index contributed by atoms with van der Waals surface area (Å²) < 4.78 is 14.4. The van der Waals surface area contributed by atoms with E-state index >= 15 is 0 Å². The Balaban J connectivity index is 1.71. The molecule has 1 aliphatic heterocycles. The number of aromatic nitrogens is 1. The molecule has 20 heavy (non-hydrogen) atoms. The lowest BCUT2D eigenvalue weighted by atomic mass is 10.1. The maximum absolute atomic E-state index is 13.7. The molecule has 1 aromatic rings. The Morgan fingerprint density at radius 3 is 2.80 bits per heavy atom. The summed E-state index contributed by atoms with van der Waals surface area (Å²) in [4.78, 5) is 8.72. The molecule has 2 heterocycles. The van der Waals surface area contributed by atoms with E-state index in [9.17, 15) is 4.39 Å². The molecule has 1 aromatic heterocycles. The fourth-order valence-corrected chi connectivity index (χ4v) is 3.41. The normalized spacial score (nSPS) is 24.2. The SMILES string of the molecule is C[C@H]1CN(CC2CC2)CCN1c1cc(I)c(Cl)c(F)n1. The van der Waals surface area contributed by atoms with Crippen molar-refractivity contribution in [2.24, 2.45) is 5.92 Å². The van der Waals surface area contributed by atoms with Gasteiger partial charge in [-0.3, -0.25) is 4.90 Å². The smallest absolute Gasteiger partial charge is 0.234 e. The van der Waals surface area contributed by atoms with E-state index in [2.05, 4.69) is 44.3 Å². The first-order valence-electron chi connectivity index (χ1n) is 7.05. The van der Waals surface area contributed by atoms with E-state index in [1.54, 1.807) is 0 Å². The average Bonchev–Trinajstić information content (AvgIpc) is 3.19. The van der Waals surface area contributed by atoms with E-state index in [4.69, 9.17) is 11.6 Å². The second kappa shape index (κ2) is 5.93. The summed E-state index contributed by atoms with van der Waals surface area (Å²) in [5.74, 6) is 1.05. The van der Waals surface area contributed by atoms with Crippen LogP contribution in [0.5, 0.6) is 0 Å². The van der Waals surface area contributed by atoms with E-state index in [-0.39, 0.29) is 5.02 Å². The molecule has 0 spiro atoms. The average molecular weight is 410 g/mol. The Hall–Kier alpha value is -0.140. The van der Waals surface area contributed by atoms with Crippen LogP contribution in [0.2, 0.25) is 5.02 Å². The lowest BCUT2D eigenvalue weighted by Crippen LogP contribution is -2.52. The Morgan fingerprint density at radius 1 is 1.45 bits per heavy atom. The van der Waals surface area contributed by atoms with Crippen LogP contribution in [-0.4, -0.2) is 42.1 Å². The maximum Gasteiger partial charge on any atom is 0.234 e. The summed E-state index contributed by atoms with van der Waals surface area (Å²) in [5, 5.41) is 0.120. The van der Waals surface area contributed by atoms with Gasteiger partial charge in [-0.05, 0) is 54.3 Å². The van der Waals surface area contributed by atoms with Crippen LogP contribution in [0.1, 0.15) is 19.8 Å². The summed E-state index contributed by atoms with van der Waals surface area (Å²) in [6.07, 6.45) is 2.77. The largest absolute Gasteiger partial charge is 0.351 e. The minimum Gasteiger partial charge on any atom is -0.351 e. The number of hydrogen-bond donors (Lipinski definition) is 0. The molecule has 3 rings (SSSR count). The van der Waals surface area contributed by atoms with Crippen molar-refractivity contribution < 1.29 is 4.39 Å². The van der Waals surface area contributed by atoms with Crippen LogP contribution in [0.3, 0.4) is 0 Å². The van der Waals surface area contributed by atoms with Gasteiger partial charge in [-0.15, -0.1) is 0 Å². The van der Waals surface area contributed by atoms with Gasteiger partial charge in [0.2, 0.25) is 5.95 Å². The molecular formula is C14H18ClFIN3. The number of hydrogen-bond acceptors (Lipinski definition) is 3. The molecule has 0 bridgehead atoms. The lowest BCUT2D eigenvalue weighted by molar-refractivity contribution is 0.219. The zero-order valence-corrected chi connectivity index (χ0v) is 14.4. The molecule has 2 fully saturated rings. The predicted octanol–water partition coefficient (Wildman–Crippen LogP) is 3.40. The summed E-state index contributed by atoms with van der Waals surface area (Å²) >= 11 is 7.90. The molecule has 1 saturated carbocycles. The van der Waals surface area contributed by atoms with Crippen molar-refractivity contribution >= 4 is 40.0 Å². The van der Waals surface area contributed by atoms with Gasteiger partial charge in [-0.25, -0.2) is 4.98 Å². The predicted molar refractivity (Wildman–Crippen MR) is 87.9 cm³/mol. The standard InChI is InChI=1S/C14H18ClFIN3/c1-9-7-19(8-10-2-3-10)4-5-20(9)12-6-11(17)13(15)14(16)18-12/h6,9-10H,2-5,7-8H2,1H3/t9-/m0/s1. The van der Waals surface area contributed by atoms with Crippen molar-refractivity contribution in [1.29, 1.82) is 0 Å². The molecule has 0 unspecified atom stereocenters. The van der Waals surface area contributed by atoms with E-state index < -0.39 is 5.95 Å². The number of halogens is 3. The molecule has 1 aliphatic carbocycles. The molecule has 1 atom stereocenters. The van der Waals surface area contributed by atoms with Crippen molar-refractivity contribution in [3.8, 4) is 0 Å². The molecule has 3 nitrogen and oxygen atoms in total. The van der Waals surface area contributed by atoms with Gasteiger partial charge in [0.25, 0.3) is 0 Å². The van der Waals surface area contributed by atoms with E-state index in [1.165, 1.54) is 19.4 Å². The first-order chi connectivity index (χ1) is 9.54. The molecule has 0 radical (unpaired) electrons. The number of pyridine rings is 1. The van der Waals surface area contributed by atoms with Crippen LogP contribution < -0.4 is 4.90 Å². The quantitative estimate of drug-likeness (QED) is 0.563. The van der Waals surface area contributed by atoms with Gasteiger partial charge < -0.3 is 4.90 Å². The van der Waals surface area contributed by atoms with Gasteiger partial charge >= 0.3 is 0 Å². The fourth-order valence-electron chi connectivity index (χ4n) is 2.81. The summed E-state index contributed by atoms with van der Waals surface area (Å²) in [5.41, 5.74) is 0. The van der Waals surface area contributed by atoms with Crippen LogP contribution in [0, 0.1) is 15.4 Å². The molecule has 6 heteroatoms. The van der Waals surface area contributed by atoms with Crippen LogP contribution in [0.25, 0.3) is 0 Å². The molecule has 0 amide bonds. The first-order valence-corrected chi connectivity index (χ1v) is 8.51. The second-order valence-corrected chi connectivity index (χ2v) is 7.35. The van der Waals surface area contributed by atoms with Gasteiger partial charge in [0.1, 0.15) is 10.8 Å². The zero-order chi connectivity index (χ0) is 14.3. The van der Waals surface area contributed by atoms with Crippen molar-refractivity contribution in [3.63, 3.8) is 0 Å². The topological polar surface area (TPSA) is 19.4 Å². The van der Waals surface area contributed by atoms with Crippen molar-refractivity contribution in [1.82, 2.24) is 9.88 Å². The van der Waals surface area contributed by atoms with Crippen molar-refractivity contribution in [3.05, 3.63) is 20.6 Å². The van der Waals surface area contributed by atoms with Crippen LogP contribution in [0.15, 0.2) is 6.07 Å². The second-order valence-electron chi connectivity index (χ2n) is 5.81. The minimum atomic E-state index is -0.568. The third-order valence-corrected chi connectivity index (χ3v) is 5.61. The van der Waals surface area contributed by atoms with Crippen LogP contribution in [-0.2, 0) is 0 Å². The van der Waals surface area contributed by atoms with Gasteiger partial charge in [0, 0.05) is 35.8 Å². The van der Waals surface area contributed by atoms with Gasteiger partial charge in [-0.2, -0.15) is 4.39 Å². The Morgan fingerprint density at radius 2 is 2.20 bits per heavy atom. The third kappa shape index (κ3) is 3.20. The van der Waals surface area contributed by atoms with Gasteiger partial charge in [0.15, 0.2) is 0 Å². The van der Waals surface area contributed by atoms with Crippen molar-refractivity contribution in [2.75, 3.05) is 31.1 Å². The van der Waals surface area contributed by atoms with E-state index in [0.717, 1.165) is 29.1 Å². The van der Waals surface area contributed by atoms with Crippen molar-refractivity contribution in [2.45, 2.75) is 25.8 Å². The monoisotopic (exact) mass is 409 g/mol. The molecule has 0 aromatic carbocycles. The lowest BCUT2D eigenvalue weighted by Gasteiger charge is -2.40. The number of anilines is 1. The molecular weight excluding hydrogens is 392 g/mol. The Kier molecular flexibility index (Phi) is 4.38. The fraction of sp³-hybridized carbons (Fsp3) is 0.643. The van der Waals surface area contributed by atoms with Crippen LogP contribution >= 0.6 is 34.2 Å². The highest BCUT2D eigenvalue weighted by atomic mass is 127. The highest BCUT2D eigenvalue weighted by molar-refractivity contribution is 14.1. The van der Waals surface area contributed by atoms with E-state index in [0.29, 0.717) is 11.9 Å². The summed E-state index contributed by atoms with van der Waals surface area (Å²) in [6.45, 7) is 6.36. The van der Waals surface area contributed by atoms with Gasteiger partial charge in [0.05, 0.1) is 0 Å². The maximum atomic E-state index is 13.7. The third-order valence-electron chi connectivity index (χ3n) is 4.08. The Bertz CT molecular complexity index is 486. The number of nitrogens with zero attached hydrogens (tertiary/aromatic N) is 3. The highest BCUT2D eigenvalue weighted by Gasteiger charge is 2.30.